The number of nitrogens with two attached hydrogens (primary N) is 1. The van der Waals surface area contributed by atoms with E-state index >= 15 is 0 Å². The standard InChI is InChI=1S/C16H29N3/c1-2-16(18,13-17)10-6-12-19-11-5-9-15(19)14-7-3-4-8-14/h14-15H,2-12,18H2,1H3. The van der Waals surface area contributed by atoms with Crippen molar-refractivity contribution in [3.8, 4) is 6.07 Å². The lowest BCUT2D eigenvalue weighted by Crippen LogP contribution is -2.40. The molecule has 0 amide bonds. The summed E-state index contributed by atoms with van der Waals surface area (Å²) in [5.41, 5.74) is 5.46. The second-order valence-electron chi connectivity index (χ2n) is 6.52. The maximum absolute atomic E-state index is 9.11. The van der Waals surface area contributed by atoms with Gasteiger partial charge in [-0.05, 0) is 64.0 Å². The lowest BCUT2D eigenvalue weighted by molar-refractivity contribution is 0.184. The minimum absolute atomic E-state index is 0.595. The van der Waals surface area contributed by atoms with Gasteiger partial charge in [-0.3, -0.25) is 0 Å². The summed E-state index contributed by atoms with van der Waals surface area (Å²) in [6, 6.07) is 3.11. The summed E-state index contributed by atoms with van der Waals surface area (Å²) < 4.78 is 0. The molecule has 0 aromatic heterocycles. The summed E-state index contributed by atoms with van der Waals surface area (Å²) in [5, 5.41) is 9.11. The van der Waals surface area contributed by atoms with Gasteiger partial charge in [-0.2, -0.15) is 5.26 Å². The number of hydrogen-bond donors (Lipinski definition) is 1. The molecule has 0 spiro atoms. The highest BCUT2D eigenvalue weighted by Gasteiger charge is 2.33. The summed E-state index contributed by atoms with van der Waals surface area (Å²) in [4.78, 5) is 2.68. The highest BCUT2D eigenvalue weighted by Crippen LogP contribution is 2.35. The van der Waals surface area contributed by atoms with Crippen LogP contribution in [-0.4, -0.2) is 29.6 Å². The Labute approximate surface area is 118 Å². The molecule has 2 aliphatic rings. The molecule has 1 aliphatic heterocycles. The van der Waals surface area contributed by atoms with Crippen LogP contribution in [0.2, 0.25) is 0 Å². The fourth-order valence-corrected chi connectivity index (χ4v) is 3.91. The Morgan fingerprint density at radius 3 is 2.63 bits per heavy atom. The Morgan fingerprint density at radius 2 is 2.00 bits per heavy atom. The van der Waals surface area contributed by atoms with Crippen molar-refractivity contribution in [1.82, 2.24) is 4.90 Å². The van der Waals surface area contributed by atoms with Crippen LogP contribution in [0.4, 0.5) is 0 Å². The van der Waals surface area contributed by atoms with Gasteiger partial charge in [-0.25, -0.2) is 0 Å². The Kier molecular flexibility index (Phi) is 5.24. The molecule has 3 heteroatoms. The Hall–Kier alpha value is -0.590. The van der Waals surface area contributed by atoms with Gasteiger partial charge in [0.15, 0.2) is 0 Å². The molecule has 19 heavy (non-hydrogen) atoms. The van der Waals surface area contributed by atoms with Crippen LogP contribution in [-0.2, 0) is 0 Å². The van der Waals surface area contributed by atoms with Crippen LogP contribution in [0.5, 0.6) is 0 Å². The van der Waals surface area contributed by atoms with Crippen LogP contribution in [0, 0.1) is 17.2 Å². The maximum atomic E-state index is 9.11. The molecule has 108 valence electrons. The molecule has 1 heterocycles. The molecule has 3 nitrogen and oxygen atoms in total. The van der Waals surface area contributed by atoms with Crippen LogP contribution < -0.4 is 5.73 Å². The molecule has 1 saturated heterocycles. The zero-order chi connectivity index (χ0) is 13.7. The topological polar surface area (TPSA) is 53.1 Å². The van der Waals surface area contributed by atoms with E-state index in [1.807, 2.05) is 6.92 Å². The van der Waals surface area contributed by atoms with E-state index in [2.05, 4.69) is 11.0 Å². The molecular weight excluding hydrogens is 234 g/mol. The predicted molar refractivity (Wildman–Crippen MR) is 78.6 cm³/mol. The van der Waals surface area contributed by atoms with Crippen molar-refractivity contribution in [3.05, 3.63) is 0 Å². The van der Waals surface area contributed by atoms with E-state index in [-0.39, 0.29) is 0 Å². The molecule has 0 bridgehead atoms. The van der Waals surface area contributed by atoms with E-state index in [1.54, 1.807) is 0 Å². The predicted octanol–water partition coefficient (Wildman–Crippen LogP) is 3.05. The van der Waals surface area contributed by atoms with Crippen molar-refractivity contribution in [1.29, 1.82) is 5.26 Å². The van der Waals surface area contributed by atoms with E-state index in [4.69, 9.17) is 11.0 Å². The molecule has 2 rings (SSSR count). The van der Waals surface area contributed by atoms with E-state index in [0.717, 1.165) is 37.8 Å². The van der Waals surface area contributed by atoms with Crippen LogP contribution >= 0.6 is 0 Å². The van der Waals surface area contributed by atoms with E-state index in [1.165, 1.54) is 45.1 Å². The summed E-state index contributed by atoms with van der Waals surface area (Å²) in [7, 11) is 0. The maximum Gasteiger partial charge on any atom is 0.104 e. The average Bonchev–Trinajstić information content (AvgIpc) is 3.08. The number of rotatable bonds is 6. The van der Waals surface area contributed by atoms with E-state index in [0.29, 0.717) is 0 Å². The zero-order valence-corrected chi connectivity index (χ0v) is 12.4. The molecule has 2 unspecified atom stereocenters. The lowest BCUT2D eigenvalue weighted by Gasteiger charge is -2.30. The van der Waals surface area contributed by atoms with Crippen molar-refractivity contribution >= 4 is 0 Å². The first-order valence-corrected chi connectivity index (χ1v) is 8.13. The van der Waals surface area contributed by atoms with Gasteiger partial charge >= 0.3 is 0 Å². The summed E-state index contributed by atoms with van der Waals surface area (Å²) in [5.74, 6) is 0.951. The van der Waals surface area contributed by atoms with Crippen LogP contribution in [0.25, 0.3) is 0 Å². The van der Waals surface area contributed by atoms with Crippen molar-refractivity contribution in [2.24, 2.45) is 11.7 Å². The molecule has 2 fully saturated rings. The van der Waals surface area contributed by atoms with E-state index < -0.39 is 5.54 Å². The van der Waals surface area contributed by atoms with Gasteiger partial charge in [0, 0.05) is 6.04 Å². The number of nitrogens with zero attached hydrogens (tertiary/aromatic N) is 2. The lowest BCUT2D eigenvalue weighted by atomic mass is 9.92. The van der Waals surface area contributed by atoms with Gasteiger partial charge in [0.05, 0.1) is 6.07 Å². The van der Waals surface area contributed by atoms with Gasteiger partial charge in [0.25, 0.3) is 0 Å². The Bertz CT molecular complexity index is 316. The largest absolute Gasteiger partial charge is 0.313 e. The third kappa shape index (κ3) is 3.70. The molecule has 0 aromatic rings. The smallest absolute Gasteiger partial charge is 0.104 e. The molecular formula is C16H29N3. The van der Waals surface area contributed by atoms with Crippen LogP contribution in [0.15, 0.2) is 0 Å². The average molecular weight is 263 g/mol. The molecule has 2 N–H and O–H groups in total. The third-order valence-electron chi connectivity index (χ3n) is 5.28. The number of nitriles is 1. The summed E-state index contributed by atoms with van der Waals surface area (Å²) >= 11 is 0. The first-order chi connectivity index (χ1) is 9.18. The van der Waals surface area contributed by atoms with E-state index in [9.17, 15) is 0 Å². The molecule has 0 radical (unpaired) electrons. The zero-order valence-electron chi connectivity index (χ0n) is 12.4. The van der Waals surface area contributed by atoms with Crippen molar-refractivity contribution in [2.45, 2.75) is 76.3 Å². The quantitative estimate of drug-likeness (QED) is 0.801. The first kappa shape index (κ1) is 14.8. The number of likely N-dealkylation sites (tertiary alicyclic amines) is 1. The summed E-state index contributed by atoms with van der Waals surface area (Å²) in [6.07, 6.45) is 11.2. The molecule has 2 atom stereocenters. The Morgan fingerprint density at radius 1 is 1.26 bits per heavy atom. The normalized spacial score (nSPS) is 28.4. The molecule has 1 aliphatic carbocycles. The van der Waals surface area contributed by atoms with Crippen LogP contribution in [0.1, 0.15) is 64.7 Å². The fraction of sp³-hybridized carbons (Fsp3) is 0.938. The van der Waals surface area contributed by atoms with Gasteiger partial charge in [0.1, 0.15) is 5.54 Å². The first-order valence-electron chi connectivity index (χ1n) is 8.13. The van der Waals surface area contributed by atoms with Crippen molar-refractivity contribution in [3.63, 3.8) is 0 Å². The Balaban J connectivity index is 1.77. The molecule has 0 aromatic carbocycles. The highest BCUT2D eigenvalue weighted by atomic mass is 15.2. The third-order valence-corrected chi connectivity index (χ3v) is 5.28. The van der Waals surface area contributed by atoms with Crippen molar-refractivity contribution < 1.29 is 0 Å². The number of hydrogen-bond acceptors (Lipinski definition) is 3. The minimum Gasteiger partial charge on any atom is -0.313 e. The monoisotopic (exact) mass is 263 g/mol. The van der Waals surface area contributed by atoms with Crippen molar-refractivity contribution in [2.75, 3.05) is 13.1 Å². The SMILES string of the molecule is CCC(N)(C#N)CCCN1CCCC1C1CCCC1. The van der Waals surface area contributed by atoms with Crippen LogP contribution in [0.3, 0.4) is 0 Å². The fourth-order valence-electron chi connectivity index (χ4n) is 3.91. The second kappa shape index (κ2) is 6.72. The highest BCUT2D eigenvalue weighted by molar-refractivity contribution is 5.03. The van der Waals surface area contributed by atoms with Gasteiger partial charge < -0.3 is 10.6 Å². The van der Waals surface area contributed by atoms with Gasteiger partial charge in [-0.15, -0.1) is 0 Å². The molecule has 1 saturated carbocycles. The van der Waals surface area contributed by atoms with Gasteiger partial charge in [0.2, 0.25) is 0 Å². The van der Waals surface area contributed by atoms with Gasteiger partial charge in [-0.1, -0.05) is 19.8 Å². The summed E-state index contributed by atoms with van der Waals surface area (Å²) in [6.45, 7) is 4.42. The minimum atomic E-state index is -0.595. The second-order valence-corrected chi connectivity index (χ2v) is 6.52.